The molecule has 0 atom stereocenters. The summed E-state index contributed by atoms with van der Waals surface area (Å²) in [7, 11) is 1.82. The first-order valence-electron chi connectivity index (χ1n) is 7.07. The summed E-state index contributed by atoms with van der Waals surface area (Å²) in [5.74, 6) is -3.26. The molecule has 0 amide bonds. The van der Waals surface area contributed by atoms with Gasteiger partial charge in [-0.3, -0.25) is 0 Å². The molecular weight excluding hydrogens is 317 g/mol. The lowest BCUT2D eigenvalue weighted by Crippen LogP contribution is -2.11. The molecule has 4 nitrogen and oxygen atoms in total. The fourth-order valence-electron chi connectivity index (χ4n) is 2.14. The first-order valence-corrected chi connectivity index (χ1v) is 7.07. The minimum Gasteiger partial charge on any atom is -0.338 e. The zero-order valence-corrected chi connectivity index (χ0v) is 12.7. The van der Waals surface area contributed by atoms with Crippen molar-refractivity contribution in [3.8, 4) is 0 Å². The van der Waals surface area contributed by atoms with E-state index in [1.165, 1.54) is 6.33 Å². The standard InChI is InChI=1S/C17H13F3N4/c1-24(11-5-3-2-4-6-11)15-9-14(21-10-22-15)23-13-8-7-12(18)16(19)17(13)20/h2-10H,1H3,(H,21,22,23). The van der Waals surface area contributed by atoms with Crippen LogP contribution in [0.1, 0.15) is 0 Å². The molecule has 0 bridgehead atoms. The molecule has 0 fully saturated rings. The Balaban J connectivity index is 1.88. The summed E-state index contributed by atoms with van der Waals surface area (Å²) in [5.41, 5.74) is 0.696. The fraction of sp³-hybridized carbons (Fsp3) is 0.0588. The molecular formula is C17H13F3N4. The van der Waals surface area contributed by atoms with Crippen LogP contribution >= 0.6 is 0 Å². The molecule has 0 saturated heterocycles. The van der Waals surface area contributed by atoms with Crippen molar-refractivity contribution >= 4 is 23.0 Å². The highest BCUT2D eigenvalue weighted by atomic mass is 19.2. The van der Waals surface area contributed by atoms with Crippen molar-refractivity contribution in [2.24, 2.45) is 0 Å². The van der Waals surface area contributed by atoms with Crippen LogP contribution in [0.4, 0.5) is 36.2 Å². The zero-order chi connectivity index (χ0) is 17.1. The van der Waals surface area contributed by atoms with Crippen molar-refractivity contribution in [3.05, 3.63) is 72.3 Å². The summed E-state index contributed by atoms with van der Waals surface area (Å²) in [6.07, 6.45) is 1.30. The second-order valence-corrected chi connectivity index (χ2v) is 5.00. The van der Waals surface area contributed by atoms with E-state index in [-0.39, 0.29) is 11.5 Å². The molecule has 1 aromatic heterocycles. The third kappa shape index (κ3) is 3.15. The van der Waals surface area contributed by atoms with Gasteiger partial charge >= 0.3 is 0 Å². The molecule has 3 rings (SSSR count). The predicted octanol–water partition coefficient (Wildman–Crippen LogP) is 4.41. The van der Waals surface area contributed by atoms with Gasteiger partial charge in [-0.1, -0.05) is 18.2 Å². The quantitative estimate of drug-likeness (QED) is 0.720. The summed E-state index contributed by atoms with van der Waals surface area (Å²) in [5, 5.41) is 2.63. The lowest BCUT2D eigenvalue weighted by atomic mass is 10.2. The van der Waals surface area contributed by atoms with E-state index in [1.807, 2.05) is 42.3 Å². The highest BCUT2D eigenvalue weighted by Crippen LogP contribution is 2.26. The van der Waals surface area contributed by atoms with Crippen molar-refractivity contribution in [3.63, 3.8) is 0 Å². The van der Waals surface area contributed by atoms with E-state index in [9.17, 15) is 13.2 Å². The van der Waals surface area contributed by atoms with Crippen molar-refractivity contribution in [1.29, 1.82) is 0 Å². The number of aromatic nitrogens is 2. The van der Waals surface area contributed by atoms with Crippen LogP contribution in [0.15, 0.2) is 54.9 Å². The van der Waals surface area contributed by atoms with E-state index >= 15 is 0 Å². The Bertz CT molecular complexity index is 856. The smallest absolute Gasteiger partial charge is 0.196 e. The molecule has 7 heteroatoms. The number of halogens is 3. The van der Waals surface area contributed by atoms with E-state index in [2.05, 4.69) is 15.3 Å². The largest absolute Gasteiger partial charge is 0.338 e. The van der Waals surface area contributed by atoms with Gasteiger partial charge in [0.1, 0.15) is 18.0 Å². The minimum atomic E-state index is -1.53. The van der Waals surface area contributed by atoms with E-state index in [4.69, 9.17) is 0 Å². The Morgan fingerprint density at radius 3 is 2.42 bits per heavy atom. The maximum absolute atomic E-state index is 13.7. The molecule has 0 unspecified atom stereocenters. The molecule has 0 aliphatic carbocycles. The predicted molar refractivity (Wildman–Crippen MR) is 86.1 cm³/mol. The monoisotopic (exact) mass is 330 g/mol. The van der Waals surface area contributed by atoms with Gasteiger partial charge in [-0.2, -0.15) is 0 Å². The summed E-state index contributed by atoms with van der Waals surface area (Å²) in [4.78, 5) is 9.94. The first kappa shape index (κ1) is 15.8. The van der Waals surface area contributed by atoms with Crippen LogP contribution in [-0.2, 0) is 0 Å². The number of hydrogen-bond acceptors (Lipinski definition) is 4. The Morgan fingerprint density at radius 1 is 0.917 bits per heavy atom. The van der Waals surface area contributed by atoms with E-state index < -0.39 is 17.5 Å². The van der Waals surface area contributed by atoms with Gasteiger partial charge in [0.15, 0.2) is 17.5 Å². The molecule has 1 N–H and O–H groups in total. The number of nitrogens with one attached hydrogen (secondary N) is 1. The lowest BCUT2D eigenvalue weighted by molar-refractivity contribution is 0.449. The molecule has 24 heavy (non-hydrogen) atoms. The van der Waals surface area contributed by atoms with Gasteiger partial charge in [0.25, 0.3) is 0 Å². The molecule has 0 aliphatic rings. The number of nitrogens with zero attached hydrogens (tertiary/aromatic N) is 3. The van der Waals surface area contributed by atoms with Crippen molar-refractivity contribution < 1.29 is 13.2 Å². The number of benzene rings is 2. The number of hydrogen-bond donors (Lipinski definition) is 1. The zero-order valence-electron chi connectivity index (χ0n) is 12.7. The number of rotatable bonds is 4. The highest BCUT2D eigenvalue weighted by molar-refractivity contribution is 5.64. The third-order valence-electron chi connectivity index (χ3n) is 3.44. The number of para-hydroxylation sites is 1. The molecule has 0 saturated carbocycles. The third-order valence-corrected chi connectivity index (χ3v) is 3.44. The van der Waals surface area contributed by atoms with Crippen LogP contribution in [0, 0.1) is 17.5 Å². The van der Waals surface area contributed by atoms with Gasteiger partial charge in [0.2, 0.25) is 0 Å². The van der Waals surface area contributed by atoms with Gasteiger partial charge in [0, 0.05) is 18.8 Å². The van der Waals surface area contributed by atoms with Gasteiger partial charge < -0.3 is 10.2 Å². The Kier molecular flexibility index (Phi) is 4.33. The maximum atomic E-state index is 13.7. The van der Waals surface area contributed by atoms with E-state index in [0.717, 1.165) is 17.8 Å². The SMILES string of the molecule is CN(c1ccccc1)c1cc(Nc2ccc(F)c(F)c2F)ncn1. The van der Waals surface area contributed by atoms with Crippen LogP contribution < -0.4 is 10.2 Å². The van der Waals surface area contributed by atoms with Crippen LogP contribution in [0.25, 0.3) is 0 Å². The summed E-state index contributed by atoms with van der Waals surface area (Å²) < 4.78 is 40.0. The van der Waals surface area contributed by atoms with Gasteiger partial charge in [-0.15, -0.1) is 0 Å². The molecule has 122 valence electrons. The molecule has 2 aromatic carbocycles. The van der Waals surface area contributed by atoms with Crippen LogP contribution in [0.3, 0.4) is 0 Å². The Labute approximate surface area is 136 Å². The Hall–Kier alpha value is -3.09. The average molecular weight is 330 g/mol. The molecule has 0 radical (unpaired) electrons. The molecule has 0 aliphatic heterocycles. The highest BCUT2D eigenvalue weighted by Gasteiger charge is 2.14. The molecule has 0 spiro atoms. The average Bonchev–Trinajstić information content (AvgIpc) is 2.62. The molecule has 1 heterocycles. The first-order chi connectivity index (χ1) is 11.6. The summed E-state index contributed by atoms with van der Waals surface area (Å²) in [6.45, 7) is 0. The molecule has 3 aromatic rings. The topological polar surface area (TPSA) is 41.0 Å². The van der Waals surface area contributed by atoms with Crippen LogP contribution in [-0.4, -0.2) is 17.0 Å². The number of anilines is 4. The van der Waals surface area contributed by atoms with Gasteiger partial charge in [-0.05, 0) is 24.3 Å². The van der Waals surface area contributed by atoms with Gasteiger partial charge in [-0.25, -0.2) is 23.1 Å². The minimum absolute atomic E-state index is 0.207. The second-order valence-electron chi connectivity index (χ2n) is 5.00. The summed E-state index contributed by atoms with van der Waals surface area (Å²) in [6, 6.07) is 13.0. The van der Waals surface area contributed by atoms with E-state index in [1.54, 1.807) is 6.07 Å². The van der Waals surface area contributed by atoms with Crippen LogP contribution in [0.2, 0.25) is 0 Å². The van der Waals surface area contributed by atoms with Crippen LogP contribution in [0.5, 0.6) is 0 Å². The Morgan fingerprint density at radius 2 is 1.67 bits per heavy atom. The fourth-order valence-corrected chi connectivity index (χ4v) is 2.14. The van der Waals surface area contributed by atoms with E-state index in [0.29, 0.717) is 5.82 Å². The lowest BCUT2D eigenvalue weighted by Gasteiger charge is -2.18. The van der Waals surface area contributed by atoms with Crippen molar-refractivity contribution in [2.45, 2.75) is 0 Å². The summed E-state index contributed by atoms with van der Waals surface area (Å²) >= 11 is 0. The second kappa shape index (κ2) is 6.57. The maximum Gasteiger partial charge on any atom is 0.196 e. The van der Waals surface area contributed by atoms with Crippen molar-refractivity contribution in [2.75, 3.05) is 17.3 Å². The normalized spacial score (nSPS) is 10.5. The van der Waals surface area contributed by atoms with Crippen molar-refractivity contribution in [1.82, 2.24) is 9.97 Å². The van der Waals surface area contributed by atoms with Gasteiger partial charge in [0.05, 0.1) is 5.69 Å².